The summed E-state index contributed by atoms with van der Waals surface area (Å²) in [7, 11) is 0. The summed E-state index contributed by atoms with van der Waals surface area (Å²) in [5, 5.41) is 27.6. The average molecular weight is 480 g/mol. The maximum absolute atomic E-state index is 10.8. The lowest BCUT2D eigenvalue weighted by molar-refractivity contribution is -0.144. The Balaban J connectivity index is 0. The zero-order valence-corrected chi connectivity index (χ0v) is 22.6. The molecule has 0 aromatic carbocycles. The molecular formula is C29H53NO4. The predicted octanol–water partition coefficient (Wildman–Crippen LogP) is 6.81. The van der Waals surface area contributed by atoms with E-state index in [1.165, 1.54) is 44.9 Å². The summed E-state index contributed by atoms with van der Waals surface area (Å²) in [6.07, 6.45) is 24.4. The SMILES string of the molecule is C#C.CC.CCC1(C(O)CCCC2CC[C@@H](C#N)C2)CCC1.CCCCCCC(=O)OCCO. The Bertz CT molecular complexity index is 530. The quantitative estimate of drug-likeness (QED) is 0.172. The molecule has 5 nitrogen and oxygen atoms in total. The maximum atomic E-state index is 10.8. The third-order valence-corrected chi connectivity index (χ3v) is 7.16. The first-order valence-electron chi connectivity index (χ1n) is 13.7. The summed E-state index contributed by atoms with van der Waals surface area (Å²) in [4.78, 5) is 10.8. The standard InChI is InChI=1S/C16H27NO.C9H18O3.C2H6.C2H2/c1-2-16(9-4-10-16)15(18)6-3-5-13-7-8-14(11-13)12-17;1-2-3-4-5-6-9(11)12-8-7-10;2*1-2/h13-15,18H,2-11H2,1H3;10H,2-8H2,1H3;1-2H3;1-2H/t13?,14-,15?;;;/m1.../s1. The minimum absolute atomic E-state index is 0.0792. The number of unbranched alkanes of at least 4 members (excludes halogenated alkanes) is 3. The fourth-order valence-electron chi connectivity index (χ4n) is 4.84. The monoisotopic (exact) mass is 479 g/mol. The minimum Gasteiger partial charge on any atom is -0.463 e. The summed E-state index contributed by atoms with van der Waals surface area (Å²) < 4.78 is 4.68. The third-order valence-electron chi connectivity index (χ3n) is 7.16. The number of nitriles is 1. The number of nitrogens with zero attached hydrogens (tertiary/aromatic N) is 1. The lowest BCUT2D eigenvalue weighted by atomic mass is 9.62. The summed E-state index contributed by atoms with van der Waals surface area (Å²) >= 11 is 0. The molecule has 0 radical (unpaired) electrons. The fourth-order valence-corrected chi connectivity index (χ4v) is 4.84. The molecule has 0 aromatic rings. The number of carbonyl (C=O) groups is 1. The first-order valence-corrected chi connectivity index (χ1v) is 13.7. The van der Waals surface area contributed by atoms with Gasteiger partial charge in [-0.3, -0.25) is 4.79 Å². The van der Waals surface area contributed by atoms with Gasteiger partial charge in [0.05, 0.1) is 18.8 Å². The van der Waals surface area contributed by atoms with Gasteiger partial charge in [-0.2, -0.15) is 5.26 Å². The molecule has 0 heterocycles. The van der Waals surface area contributed by atoms with E-state index in [0.717, 1.165) is 50.9 Å². The van der Waals surface area contributed by atoms with Crippen LogP contribution >= 0.6 is 0 Å². The maximum Gasteiger partial charge on any atom is 0.305 e. The molecule has 2 unspecified atom stereocenters. The van der Waals surface area contributed by atoms with Crippen LogP contribution in [0.5, 0.6) is 0 Å². The second kappa shape index (κ2) is 23.2. The molecule has 34 heavy (non-hydrogen) atoms. The highest BCUT2D eigenvalue weighted by Crippen LogP contribution is 2.48. The molecule has 0 spiro atoms. The Hall–Kier alpha value is -1.56. The van der Waals surface area contributed by atoms with Crippen molar-refractivity contribution in [1.82, 2.24) is 0 Å². The van der Waals surface area contributed by atoms with Crippen molar-refractivity contribution < 1.29 is 19.7 Å². The molecule has 3 atom stereocenters. The van der Waals surface area contributed by atoms with Crippen LogP contribution in [0.15, 0.2) is 0 Å². The predicted molar refractivity (Wildman–Crippen MR) is 141 cm³/mol. The summed E-state index contributed by atoms with van der Waals surface area (Å²) in [5.74, 6) is 0.870. The van der Waals surface area contributed by atoms with Crippen molar-refractivity contribution in [2.45, 2.75) is 130 Å². The van der Waals surface area contributed by atoms with Crippen molar-refractivity contribution in [1.29, 1.82) is 5.26 Å². The fraction of sp³-hybridized carbons (Fsp3) is 0.862. The number of esters is 1. The van der Waals surface area contributed by atoms with Crippen molar-refractivity contribution in [3.8, 4) is 18.9 Å². The number of terminal acetylenes is 1. The lowest BCUT2D eigenvalue weighted by Gasteiger charge is -2.45. The molecular weight excluding hydrogens is 426 g/mol. The summed E-state index contributed by atoms with van der Waals surface area (Å²) in [6.45, 7) is 8.40. The van der Waals surface area contributed by atoms with Crippen molar-refractivity contribution >= 4 is 5.97 Å². The van der Waals surface area contributed by atoms with Crippen molar-refractivity contribution in [2.75, 3.05) is 13.2 Å². The second-order valence-electron chi connectivity index (χ2n) is 9.28. The van der Waals surface area contributed by atoms with Crippen LogP contribution in [-0.2, 0) is 9.53 Å². The second-order valence-corrected chi connectivity index (χ2v) is 9.28. The molecule has 198 valence electrons. The van der Waals surface area contributed by atoms with Crippen LogP contribution < -0.4 is 0 Å². The van der Waals surface area contributed by atoms with Gasteiger partial charge in [-0.25, -0.2) is 0 Å². The van der Waals surface area contributed by atoms with E-state index in [9.17, 15) is 9.90 Å². The Morgan fingerprint density at radius 1 is 1.15 bits per heavy atom. The van der Waals surface area contributed by atoms with Gasteiger partial charge in [-0.1, -0.05) is 66.2 Å². The van der Waals surface area contributed by atoms with E-state index < -0.39 is 0 Å². The molecule has 0 amide bonds. The van der Waals surface area contributed by atoms with Gasteiger partial charge < -0.3 is 14.9 Å². The van der Waals surface area contributed by atoms with Gasteiger partial charge in [0, 0.05) is 12.3 Å². The number of aliphatic hydroxyl groups excluding tert-OH is 2. The van der Waals surface area contributed by atoms with Crippen molar-refractivity contribution in [3.05, 3.63) is 0 Å². The van der Waals surface area contributed by atoms with Gasteiger partial charge in [0.15, 0.2) is 0 Å². The molecule has 5 heteroatoms. The minimum atomic E-state index is -0.194. The molecule has 2 N–H and O–H groups in total. The smallest absolute Gasteiger partial charge is 0.305 e. The molecule has 2 fully saturated rings. The van der Waals surface area contributed by atoms with Gasteiger partial charge in [-0.05, 0) is 62.7 Å². The molecule has 0 aliphatic heterocycles. The highest BCUT2D eigenvalue weighted by molar-refractivity contribution is 5.69. The van der Waals surface area contributed by atoms with Crippen LogP contribution in [0.4, 0.5) is 0 Å². The van der Waals surface area contributed by atoms with Gasteiger partial charge in [-0.15, -0.1) is 12.8 Å². The molecule has 0 saturated heterocycles. The van der Waals surface area contributed by atoms with Crippen LogP contribution in [0.3, 0.4) is 0 Å². The van der Waals surface area contributed by atoms with E-state index in [0.29, 0.717) is 12.3 Å². The van der Waals surface area contributed by atoms with E-state index in [1.807, 2.05) is 13.8 Å². The zero-order valence-electron chi connectivity index (χ0n) is 22.6. The van der Waals surface area contributed by atoms with Crippen LogP contribution in [0.25, 0.3) is 0 Å². The van der Waals surface area contributed by atoms with Crippen LogP contribution in [0, 0.1) is 41.4 Å². The molecule has 2 saturated carbocycles. The lowest BCUT2D eigenvalue weighted by Crippen LogP contribution is -2.40. The first-order chi connectivity index (χ1) is 16.5. The van der Waals surface area contributed by atoms with E-state index in [4.69, 9.17) is 10.4 Å². The highest BCUT2D eigenvalue weighted by Gasteiger charge is 2.41. The van der Waals surface area contributed by atoms with Crippen LogP contribution in [-0.4, -0.2) is 35.5 Å². The zero-order chi connectivity index (χ0) is 26.2. The largest absolute Gasteiger partial charge is 0.463 e. The Morgan fingerprint density at radius 3 is 2.29 bits per heavy atom. The Morgan fingerprint density at radius 2 is 1.82 bits per heavy atom. The highest BCUT2D eigenvalue weighted by atomic mass is 16.5. The van der Waals surface area contributed by atoms with Crippen molar-refractivity contribution in [2.24, 2.45) is 17.3 Å². The van der Waals surface area contributed by atoms with E-state index >= 15 is 0 Å². The first kappa shape index (κ1) is 34.6. The van der Waals surface area contributed by atoms with Crippen molar-refractivity contribution in [3.63, 3.8) is 0 Å². The molecule has 0 bridgehead atoms. The van der Waals surface area contributed by atoms with E-state index in [2.05, 4.69) is 37.5 Å². The Kier molecular flexibility index (Phi) is 23.6. The normalized spacial score (nSPS) is 20.4. The number of ether oxygens (including phenoxy) is 1. The molecule has 2 aliphatic rings. The average Bonchev–Trinajstić information content (AvgIpc) is 3.31. The number of rotatable bonds is 13. The summed E-state index contributed by atoms with van der Waals surface area (Å²) in [5.41, 5.74) is 0.269. The Labute approximate surface area is 210 Å². The number of aliphatic hydroxyl groups is 2. The van der Waals surface area contributed by atoms with Gasteiger partial charge >= 0.3 is 5.97 Å². The van der Waals surface area contributed by atoms with Crippen LogP contribution in [0.1, 0.15) is 124 Å². The van der Waals surface area contributed by atoms with E-state index in [1.54, 1.807) is 0 Å². The molecule has 2 aliphatic carbocycles. The van der Waals surface area contributed by atoms with Crippen LogP contribution in [0.2, 0.25) is 0 Å². The third kappa shape index (κ3) is 14.6. The van der Waals surface area contributed by atoms with E-state index in [-0.39, 0.29) is 30.7 Å². The topological polar surface area (TPSA) is 90.5 Å². The number of hydrogen-bond donors (Lipinski definition) is 2. The molecule has 2 rings (SSSR count). The summed E-state index contributed by atoms with van der Waals surface area (Å²) in [6, 6.07) is 2.40. The number of carbonyl (C=O) groups excluding carboxylic acids is 1. The van der Waals surface area contributed by atoms with Gasteiger partial charge in [0.1, 0.15) is 6.61 Å². The van der Waals surface area contributed by atoms with Gasteiger partial charge in [0.25, 0.3) is 0 Å². The molecule has 0 aromatic heterocycles. The van der Waals surface area contributed by atoms with Gasteiger partial charge in [0.2, 0.25) is 0 Å². The number of hydrogen-bond acceptors (Lipinski definition) is 5.